The van der Waals surface area contributed by atoms with Crippen molar-refractivity contribution in [3.05, 3.63) is 100 Å². The van der Waals surface area contributed by atoms with Crippen molar-refractivity contribution in [2.24, 2.45) is 0 Å². The zero-order chi connectivity index (χ0) is 26.1. The number of hydrogen-bond donors (Lipinski definition) is 2. The molecule has 4 aromatic rings. The SMILES string of the molecule is COc1ccc(C2/C(=C(/O)c3ccc(Cl)cc3)C(=O)C(=O)N2CCc2c[nH]c3ccccc23)c(OC)c1. The Morgan fingerprint density at radius 3 is 2.51 bits per heavy atom. The lowest BCUT2D eigenvalue weighted by molar-refractivity contribution is -0.139. The quantitative estimate of drug-likeness (QED) is 0.192. The molecule has 5 rings (SSSR count). The number of para-hydroxylation sites is 1. The van der Waals surface area contributed by atoms with Crippen molar-refractivity contribution in [2.45, 2.75) is 12.5 Å². The van der Waals surface area contributed by atoms with E-state index in [-0.39, 0.29) is 17.9 Å². The first-order valence-corrected chi connectivity index (χ1v) is 12.1. The third kappa shape index (κ3) is 4.42. The first-order chi connectivity index (χ1) is 17.9. The third-order valence-corrected chi connectivity index (χ3v) is 6.94. The Labute approximate surface area is 218 Å². The lowest BCUT2D eigenvalue weighted by Gasteiger charge is -2.27. The van der Waals surface area contributed by atoms with E-state index in [9.17, 15) is 14.7 Å². The normalized spacial score (nSPS) is 16.9. The molecule has 8 heteroatoms. The Bertz CT molecular complexity index is 1520. The number of H-pyrrole nitrogens is 1. The number of aliphatic hydroxyl groups excluding tert-OH is 1. The summed E-state index contributed by atoms with van der Waals surface area (Å²) in [5, 5.41) is 12.8. The van der Waals surface area contributed by atoms with Gasteiger partial charge in [-0.05, 0) is 54.4 Å². The van der Waals surface area contributed by atoms with E-state index in [0.717, 1.165) is 16.5 Å². The number of rotatable bonds is 7. The molecular weight excluding hydrogens is 492 g/mol. The van der Waals surface area contributed by atoms with Crippen LogP contribution in [-0.4, -0.2) is 47.4 Å². The fraction of sp³-hybridized carbons (Fsp3) is 0.172. The number of aliphatic hydroxyl groups is 1. The number of nitrogens with zero attached hydrogens (tertiary/aromatic N) is 1. The topological polar surface area (TPSA) is 91.9 Å². The molecule has 188 valence electrons. The molecule has 7 nitrogen and oxygen atoms in total. The number of benzene rings is 3. The van der Waals surface area contributed by atoms with Gasteiger partial charge in [0, 0.05) is 45.9 Å². The van der Waals surface area contributed by atoms with Gasteiger partial charge in [-0.1, -0.05) is 29.8 Å². The molecule has 1 fully saturated rings. The van der Waals surface area contributed by atoms with Gasteiger partial charge in [0.25, 0.3) is 11.7 Å². The average molecular weight is 517 g/mol. The van der Waals surface area contributed by atoms with Gasteiger partial charge >= 0.3 is 0 Å². The molecule has 1 amide bonds. The Morgan fingerprint density at radius 2 is 1.78 bits per heavy atom. The number of ketones is 1. The molecule has 37 heavy (non-hydrogen) atoms. The Morgan fingerprint density at radius 1 is 1.03 bits per heavy atom. The third-order valence-electron chi connectivity index (χ3n) is 6.69. The van der Waals surface area contributed by atoms with Crippen molar-refractivity contribution >= 4 is 40.0 Å². The second-order valence-corrected chi connectivity index (χ2v) is 9.15. The molecule has 2 N–H and O–H groups in total. The number of carbonyl (C=O) groups excluding carboxylic acids is 2. The molecule has 2 heterocycles. The number of methoxy groups -OCH3 is 2. The highest BCUT2D eigenvalue weighted by atomic mass is 35.5. The van der Waals surface area contributed by atoms with E-state index in [1.807, 2.05) is 30.5 Å². The van der Waals surface area contributed by atoms with Crippen LogP contribution in [0, 0.1) is 0 Å². The second-order valence-electron chi connectivity index (χ2n) is 8.72. The van der Waals surface area contributed by atoms with Crippen molar-refractivity contribution < 1.29 is 24.2 Å². The van der Waals surface area contributed by atoms with E-state index < -0.39 is 17.7 Å². The number of amides is 1. The summed E-state index contributed by atoms with van der Waals surface area (Å²) in [4.78, 5) is 31.5. The highest BCUT2D eigenvalue weighted by molar-refractivity contribution is 6.46. The van der Waals surface area contributed by atoms with Crippen LogP contribution in [-0.2, 0) is 16.0 Å². The lowest BCUT2D eigenvalue weighted by atomic mass is 9.94. The maximum Gasteiger partial charge on any atom is 0.295 e. The van der Waals surface area contributed by atoms with Gasteiger partial charge in [-0.3, -0.25) is 9.59 Å². The first-order valence-electron chi connectivity index (χ1n) is 11.7. The van der Waals surface area contributed by atoms with Crippen LogP contribution in [0.1, 0.15) is 22.7 Å². The molecule has 0 radical (unpaired) electrons. The van der Waals surface area contributed by atoms with Crippen LogP contribution in [0.2, 0.25) is 5.02 Å². The van der Waals surface area contributed by atoms with Gasteiger partial charge in [-0.25, -0.2) is 0 Å². The summed E-state index contributed by atoms with van der Waals surface area (Å²) in [6, 6.07) is 18.7. The van der Waals surface area contributed by atoms with Crippen molar-refractivity contribution in [3.8, 4) is 11.5 Å². The maximum atomic E-state index is 13.4. The fourth-order valence-electron chi connectivity index (χ4n) is 4.82. The minimum Gasteiger partial charge on any atom is -0.507 e. The van der Waals surface area contributed by atoms with Crippen LogP contribution in [0.25, 0.3) is 16.7 Å². The highest BCUT2D eigenvalue weighted by Crippen LogP contribution is 2.43. The number of fused-ring (bicyclic) bond motifs is 1. The van der Waals surface area contributed by atoms with E-state index in [0.29, 0.717) is 34.1 Å². The average Bonchev–Trinajstić information content (AvgIpc) is 3.45. The molecule has 0 saturated carbocycles. The van der Waals surface area contributed by atoms with Crippen LogP contribution >= 0.6 is 11.6 Å². The summed E-state index contributed by atoms with van der Waals surface area (Å²) >= 11 is 6.02. The number of halogens is 1. The molecule has 0 bridgehead atoms. The summed E-state index contributed by atoms with van der Waals surface area (Å²) in [5.41, 5.74) is 2.97. The van der Waals surface area contributed by atoms with Crippen LogP contribution < -0.4 is 9.47 Å². The van der Waals surface area contributed by atoms with Gasteiger partial charge in [0.1, 0.15) is 17.3 Å². The number of carbonyl (C=O) groups is 2. The van der Waals surface area contributed by atoms with Crippen LogP contribution in [0.3, 0.4) is 0 Å². The lowest BCUT2D eigenvalue weighted by Crippen LogP contribution is -2.31. The zero-order valence-corrected chi connectivity index (χ0v) is 21.1. The van der Waals surface area contributed by atoms with Gasteiger partial charge < -0.3 is 24.5 Å². The van der Waals surface area contributed by atoms with E-state index in [4.69, 9.17) is 21.1 Å². The Kier molecular flexibility index (Phi) is 6.63. The molecule has 1 saturated heterocycles. The summed E-state index contributed by atoms with van der Waals surface area (Å²) in [6.07, 6.45) is 2.42. The number of Topliss-reactive ketones (excluding diaryl/α,β-unsaturated/α-hetero) is 1. The summed E-state index contributed by atoms with van der Waals surface area (Å²) in [7, 11) is 3.05. The van der Waals surface area contributed by atoms with Crippen LogP contribution in [0.5, 0.6) is 11.5 Å². The number of likely N-dealkylation sites (tertiary alicyclic amines) is 1. The van der Waals surface area contributed by atoms with E-state index in [1.54, 1.807) is 49.6 Å². The van der Waals surface area contributed by atoms with Crippen molar-refractivity contribution in [3.63, 3.8) is 0 Å². The second kappa shape index (κ2) is 10.0. The molecule has 1 aromatic heterocycles. The summed E-state index contributed by atoms with van der Waals surface area (Å²) in [5.74, 6) is -0.709. The summed E-state index contributed by atoms with van der Waals surface area (Å²) in [6.45, 7) is 0.254. The standard InChI is InChI=1S/C29H25ClN2O5/c1-36-20-11-12-22(24(15-20)37-2)26-25(27(33)17-7-9-19(30)10-8-17)28(34)29(35)32(26)14-13-18-16-31-23-6-4-3-5-21(18)23/h3-12,15-16,26,31,33H,13-14H2,1-2H3/b27-25-. The van der Waals surface area contributed by atoms with Gasteiger partial charge in [0.05, 0.1) is 25.8 Å². The van der Waals surface area contributed by atoms with E-state index in [1.165, 1.54) is 12.0 Å². The number of aromatic amines is 1. The Hall–Kier alpha value is -4.23. The maximum absolute atomic E-state index is 13.4. The molecule has 0 spiro atoms. The minimum absolute atomic E-state index is 0.00489. The number of hydrogen-bond acceptors (Lipinski definition) is 5. The first kappa shape index (κ1) is 24.5. The zero-order valence-electron chi connectivity index (χ0n) is 20.3. The fourth-order valence-corrected chi connectivity index (χ4v) is 4.95. The summed E-state index contributed by atoms with van der Waals surface area (Å²) < 4.78 is 11.0. The van der Waals surface area contributed by atoms with Crippen molar-refractivity contribution in [2.75, 3.05) is 20.8 Å². The molecule has 1 aliphatic rings. The largest absolute Gasteiger partial charge is 0.507 e. The van der Waals surface area contributed by atoms with Gasteiger partial charge in [0.15, 0.2) is 0 Å². The van der Waals surface area contributed by atoms with Crippen molar-refractivity contribution in [1.29, 1.82) is 0 Å². The predicted octanol–water partition coefficient (Wildman–Crippen LogP) is 5.50. The molecule has 1 unspecified atom stereocenters. The van der Waals surface area contributed by atoms with Crippen molar-refractivity contribution in [1.82, 2.24) is 9.88 Å². The predicted molar refractivity (Wildman–Crippen MR) is 142 cm³/mol. The molecule has 1 atom stereocenters. The number of aromatic nitrogens is 1. The smallest absolute Gasteiger partial charge is 0.295 e. The molecule has 1 aliphatic heterocycles. The highest BCUT2D eigenvalue weighted by Gasteiger charge is 2.47. The van der Waals surface area contributed by atoms with Gasteiger partial charge in [-0.15, -0.1) is 0 Å². The molecular formula is C29H25ClN2O5. The van der Waals surface area contributed by atoms with Gasteiger partial charge in [-0.2, -0.15) is 0 Å². The minimum atomic E-state index is -0.859. The van der Waals surface area contributed by atoms with Crippen LogP contribution in [0.15, 0.2) is 78.5 Å². The van der Waals surface area contributed by atoms with E-state index >= 15 is 0 Å². The number of nitrogens with one attached hydrogen (secondary N) is 1. The molecule has 3 aromatic carbocycles. The Balaban J connectivity index is 1.61. The van der Waals surface area contributed by atoms with E-state index in [2.05, 4.69) is 4.98 Å². The monoisotopic (exact) mass is 516 g/mol. The molecule has 0 aliphatic carbocycles. The van der Waals surface area contributed by atoms with Gasteiger partial charge in [0.2, 0.25) is 0 Å². The van der Waals surface area contributed by atoms with Crippen LogP contribution in [0.4, 0.5) is 0 Å². The number of ether oxygens (including phenoxy) is 2.